The van der Waals surface area contributed by atoms with Crippen molar-refractivity contribution in [2.75, 3.05) is 32.1 Å². The van der Waals surface area contributed by atoms with Crippen molar-refractivity contribution in [3.63, 3.8) is 0 Å². The number of amides is 1. The summed E-state index contributed by atoms with van der Waals surface area (Å²) in [4.78, 5) is 58.7. The number of benzene rings is 1. The van der Waals surface area contributed by atoms with Gasteiger partial charge in [-0.1, -0.05) is 38.8 Å². The number of aryl methyl sites for hydroxylation is 2. The van der Waals surface area contributed by atoms with Gasteiger partial charge in [0.2, 0.25) is 5.95 Å². The molecule has 246 valence electrons. The molecular formula is C32H46N6O7. The van der Waals surface area contributed by atoms with Crippen molar-refractivity contribution >= 4 is 34.8 Å². The van der Waals surface area contributed by atoms with E-state index in [-0.39, 0.29) is 37.6 Å². The molecule has 45 heavy (non-hydrogen) atoms. The number of H-pyrrole nitrogens is 2. The molecule has 0 saturated heterocycles. The van der Waals surface area contributed by atoms with E-state index in [1.807, 2.05) is 0 Å². The molecule has 0 spiro atoms. The van der Waals surface area contributed by atoms with Crippen LogP contribution in [0.25, 0.3) is 11.0 Å². The number of aliphatic carboxylic acids is 1. The zero-order valence-corrected chi connectivity index (χ0v) is 26.3. The summed E-state index contributed by atoms with van der Waals surface area (Å²) >= 11 is 0. The predicted molar refractivity (Wildman–Crippen MR) is 171 cm³/mol. The number of aromatic amines is 2. The number of anilines is 1. The first-order valence-electron chi connectivity index (χ1n) is 15.6. The fourth-order valence-corrected chi connectivity index (χ4v) is 5.29. The maximum atomic E-state index is 12.9. The number of ether oxygens (including phenoxy) is 2. The number of hydrogen-bond acceptors (Lipinski definition) is 9. The van der Waals surface area contributed by atoms with Crippen LogP contribution >= 0.6 is 0 Å². The summed E-state index contributed by atoms with van der Waals surface area (Å²) in [5.41, 5.74) is 7.75. The van der Waals surface area contributed by atoms with E-state index in [1.165, 1.54) is 6.42 Å². The van der Waals surface area contributed by atoms with Gasteiger partial charge in [-0.25, -0.2) is 4.79 Å². The molecule has 13 nitrogen and oxygen atoms in total. The van der Waals surface area contributed by atoms with E-state index in [9.17, 15) is 19.2 Å². The molecule has 0 bridgehead atoms. The normalized spacial score (nSPS) is 13.3. The molecule has 0 saturated carbocycles. The highest BCUT2D eigenvalue weighted by Crippen LogP contribution is 2.17. The summed E-state index contributed by atoms with van der Waals surface area (Å²) in [5.74, 6) is -1.66. The molecule has 7 N–H and O–H groups in total. The number of carbonyl (C=O) groups is 3. The van der Waals surface area contributed by atoms with Crippen molar-refractivity contribution in [1.82, 2.24) is 25.6 Å². The van der Waals surface area contributed by atoms with E-state index in [4.69, 9.17) is 20.3 Å². The first-order chi connectivity index (χ1) is 21.6. The predicted octanol–water partition coefficient (Wildman–Crippen LogP) is 2.95. The Morgan fingerprint density at radius 1 is 1.07 bits per heavy atom. The van der Waals surface area contributed by atoms with E-state index in [0.29, 0.717) is 54.5 Å². The maximum absolute atomic E-state index is 12.9. The van der Waals surface area contributed by atoms with Crippen LogP contribution in [0, 0.1) is 5.92 Å². The summed E-state index contributed by atoms with van der Waals surface area (Å²) in [7, 11) is 0. The number of esters is 1. The minimum atomic E-state index is -1.12. The van der Waals surface area contributed by atoms with Gasteiger partial charge in [-0.05, 0) is 61.8 Å². The fraction of sp³-hybridized carbons (Fsp3) is 0.531. The average Bonchev–Trinajstić information content (AvgIpc) is 3.43. The lowest BCUT2D eigenvalue weighted by Gasteiger charge is -2.23. The van der Waals surface area contributed by atoms with Crippen LogP contribution in [-0.2, 0) is 31.9 Å². The zero-order chi connectivity index (χ0) is 32.8. The Morgan fingerprint density at radius 2 is 1.82 bits per heavy atom. The van der Waals surface area contributed by atoms with Gasteiger partial charge in [-0.3, -0.25) is 19.4 Å². The molecular weight excluding hydrogens is 580 g/mol. The Balaban J connectivity index is 1.46. The lowest BCUT2D eigenvalue weighted by Crippen LogP contribution is -2.42. The van der Waals surface area contributed by atoms with Gasteiger partial charge in [0.05, 0.1) is 18.6 Å². The summed E-state index contributed by atoms with van der Waals surface area (Å²) < 4.78 is 10.9. The van der Waals surface area contributed by atoms with Crippen molar-refractivity contribution in [2.24, 2.45) is 5.92 Å². The lowest BCUT2D eigenvalue weighted by atomic mass is 9.93. The van der Waals surface area contributed by atoms with E-state index in [2.05, 4.69) is 46.4 Å². The number of hydrogen-bond donors (Lipinski definition) is 6. The highest BCUT2D eigenvalue weighted by molar-refractivity contribution is 5.96. The number of carboxylic acids is 1. The third kappa shape index (κ3) is 11.0. The smallest absolute Gasteiger partial charge is 0.328 e. The molecule has 1 amide bonds. The Kier molecular flexibility index (Phi) is 14.0. The molecule has 0 aliphatic rings. The van der Waals surface area contributed by atoms with Gasteiger partial charge >= 0.3 is 11.9 Å². The van der Waals surface area contributed by atoms with Gasteiger partial charge in [-0.15, -0.1) is 0 Å². The quantitative estimate of drug-likeness (QED) is 0.0800. The van der Waals surface area contributed by atoms with Crippen LogP contribution in [0.15, 0.2) is 35.3 Å². The first kappa shape index (κ1) is 35.3. The van der Waals surface area contributed by atoms with E-state index in [0.717, 1.165) is 24.0 Å². The van der Waals surface area contributed by atoms with E-state index in [1.54, 1.807) is 30.5 Å². The summed E-state index contributed by atoms with van der Waals surface area (Å²) in [6, 6.07) is 6.09. The Bertz CT molecular complexity index is 1450. The fourth-order valence-electron chi connectivity index (χ4n) is 5.29. The largest absolute Gasteiger partial charge is 0.481 e. The van der Waals surface area contributed by atoms with Crippen LogP contribution in [0.1, 0.15) is 74.4 Å². The average molecular weight is 627 g/mol. The zero-order valence-electron chi connectivity index (χ0n) is 26.3. The van der Waals surface area contributed by atoms with Gasteiger partial charge < -0.3 is 35.9 Å². The summed E-state index contributed by atoms with van der Waals surface area (Å²) in [5, 5.41) is 15.7. The molecule has 0 radical (unpaired) electrons. The number of carbonyl (C=O) groups excluding carboxylic acids is 2. The minimum Gasteiger partial charge on any atom is -0.481 e. The number of fused-ring (bicyclic) bond motifs is 1. The van der Waals surface area contributed by atoms with Crippen molar-refractivity contribution in [1.29, 1.82) is 0 Å². The highest BCUT2D eigenvalue weighted by atomic mass is 16.6. The molecule has 0 aliphatic heterocycles. The molecule has 2 heterocycles. The molecule has 0 fully saturated rings. The molecule has 1 aromatic carbocycles. The molecule has 3 atom stereocenters. The van der Waals surface area contributed by atoms with Crippen LogP contribution in [0.4, 0.5) is 5.95 Å². The number of carboxylic acid groups (broad SMARTS) is 1. The number of nitrogens with two attached hydrogens (primary N) is 1. The number of nitrogens with zero attached hydrogens (tertiary/aromatic N) is 1. The minimum absolute atomic E-state index is 0.0122. The van der Waals surface area contributed by atoms with Crippen molar-refractivity contribution in [2.45, 2.75) is 77.8 Å². The molecule has 0 aliphatic carbocycles. The SMILES string of the molecule is CCCC(CC)C(C)NCCOCCOC(=O)[C@H](CCC(=O)O)NC(=O)c1ccc(CCc2c[nH]c3nc(N)[nH]c(=O)c23)cc1. The van der Waals surface area contributed by atoms with Gasteiger partial charge in [0, 0.05) is 30.8 Å². The van der Waals surface area contributed by atoms with Crippen LogP contribution in [0.5, 0.6) is 0 Å². The van der Waals surface area contributed by atoms with Crippen LogP contribution in [0.2, 0.25) is 0 Å². The molecule has 13 heteroatoms. The number of nitrogen functional groups attached to an aromatic ring is 1. The molecule has 3 aromatic rings. The standard InChI is InChI=1S/C32H46N6O7/c1-4-6-22(5-2)20(3)34-15-16-44-17-18-45-31(43)25(13-14-26(39)40)36-29(41)23-10-7-21(8-11-23)9-12-24-19-35-28-27(24)30(42)38-32(33)37-28/h7-8,10-11,19-20,22,25,34H,4-6,9,12-18H2,1-3H3,(H,36,41)(H,39,40)(H4,33,35,37,38,42)/t20?,22?,25-/m0/s1. The van der Waals surface area contributed by atoms with E-state index >= 15 is 0 Å². The van der Waals surface area contributed by atoms with Gasteiger partial charge in [0.15, 0.2) is 0 Å². The second kappa shape index (κ2) is 17.9. The summed E-state index contributed by atoms with van der Waals surface area (Å²) in [6.07, 6.45) is 5.91. The van der Waals surface area contributed by atoms with Crippen molar-refractivity contribution < 1.29 is 29.0 Å². The van der Waals surface area contributed by atoms with Crippen molar-refractivity contribution in [3.05, 3.63) is 57.5 Å². The second-order valence-corrected chi connectivity index (χ2v) is 11.1. The maximum Gasteiger partial charge on any atom is 0.328 e. The Labute approximate surface area is 262 Å². The third-order valence-electron chi connectivity index (χ3n) is 7.85. The lowest BCUT2D eigenvalue weighted by molar-refractivity contribution is -0.148. The molecule has 2 unspecified atom stereocenters. The molecule has 2 aromatic heterocycles. The van der Waals surface area contributed by atoms with Crippen LogP contribution < -0.4 is 21.9 Å². The second-order valence-electron chi connectivity index (χ2n) is 11.1. The van der Waals surface area contributed by atoms with Crippen LogP contribution in [0.3, 0.4) is 0 Å². The first-order valence-corrected chi connectivity index (χ1v) is 15.6. The number of nitrogens with one attached hydrogen (secondary N) is 4. The highest BCUT2D eigenvalue weighted by Gasteiger charge is 2.24. The number of rotatable bonds is 20. The van der Waals surface area contributed by atoms with Gasteiger partial charge in [0.25, 0.3) is 11.5 Å². The van der Waals surface area contributed by atoms with E-state index < -0.39 is 23.9 Å². The monoisotopic (exact) mass is 626 g/mol. The van der Waals surface area contributed by atoms with Crippen molar-refractivity contribution in [3.8, 4) is 0 Å². The molecule has 3 rings (SSSR count). The number of aromatic nitrogens is 3. The Hall–Kier alpha value is -4.23. The third-order valence-corrected chi connectivity index (χ3v) is 7.85. The van der Waals surface area contributed by atoms with Gasteiger partial charge in [0.1, 0.15) is 18.3 Å². The van der Waals surface area contributed by atoms with Crippen LogP contribution in [-0.4, -0.2) is 76.4 Å². The summed E-state index contributed by atoms with van der Waals surface area (Å²) in [6.45, 7) is 7.88. The Morgan fingerprint density at radius 3 is 2.51 bits per heavy atom. The topological polar surface area (TPSA) is 202 Å². The van der Waals surface area contributed by atoms with Gasteiger partial charge in [-0.2, -0.15) is 4.98 Å².